The molecular weight excluding hydrogens is 484 g/mol. The Morgan fingerprint density at radius 3 is 2.71 bits per heavy atom. The number of nitrogens with zero attached hydrogens (tertiary/aromatic N) is 2. The lowest BCUT2D eigenvalue weighted by molar-refractivity contribution is -0.136. The summed E-state index contributed by atoms with van der Waals surface area (Å²) >= 11 is 0. The van der Waals surface area contributed by atoms with Gasteiger partial charge in [0.25, 0.3) is 11.8 Å². The molecule has 0 aromatic heterocycles. The molecule has 3 aliphatic heterocycles. The summed E-state index contributed by atoms with van der Waals surface area (Å²) in [4.78, 5) is 52.6. The molecule has 200 valence electrons. The third-order valence-corrected chi connectivity index (χ3v) is 7.59. The molecular formula is C29H34N4O5. The molecule has 3 heterocycles. The number of unbranched alkanes of at least 4 members (excludes halogenated alkanes) is 3. The van der Waals surface area contributed by atoms with Gasteiger partial charge in [-0.2, -0.15) is 0 Å². The van der Waals surface area contributed by atoms with E-state index < -0.39 is 11.9 Å². The number of benzene rings is 2. The van der Waals surface area contributed by atoms with Crippen LogP contribution < -0.4 is 20.3 Å². The number of hydrogen-bond acceptors (Lipinski definition) is 6. The van der Waals surface area contributed by atoms with Crippen LogP contribution in [0.25, 0.3) is 0 Å². The Morgan fingerprint density at radius 2 is 1.87 bits per heavy atom. The van der Waals surface area contributed by atoms with Gasteiger partial charge in [-0.05, 0) is 73.2 Å². The summed E-state index contributed by atoms with van der Waals surface area (Å²) in [6, 6.07) is 10.7. The maximum Gasteiger partial charge on any atom is 0.255 e. The van der Waals surface area contributed by atoms with Crippen molar-refractivity contribution in [1.82, 2.24) is 15.5 Å². The van der Waals surface area contributed by atoms with E-state index in [-0.39, 0.29) is 24.1 Å². The Morgan fingerprint density at radius 1 is 1.03 bits per heavy atom. The van der Waals surface area contributed by atoms with Gasteiger partial charge in [0, 0.05) is 49.9 Å². The van der Waals surface area contributed by atoms with Crippen molar-refractivity contribution in [2.75, 3.05) is 31.6 Å². The number of hydrogen-bond donors (Lipinski definition) is 2. The molecule has 0 spiro atoms. The largest absolute Gasteiger partial charge is 0.494 e. The molecule has 3 aliphatic rings. The van der Waals surface area contributed by atoms with Gasteiger partial charge in [-0.15, -0.1) is 0 Å². The average molecular weight is 519 g/mol. The lowest BCUT2D eigenvalue weighted by Gasteiger charge is -2.29. The van der Waals surface area contributed by atoms with E-state index in [1.807, 2.05) is 24.3 Å². The second kappa shape index (κ2) is 11.2. The number of carbonyl (C=O) groups is 4. The molecule has 2 aromatic carbocycles. The van der Waals surface area contributed by atoms with Crippen LogP contribution in [0.2, 0.25) is 0 Å². The summed E-state index contributed by atoms with van der Waals surface area (Å²) in [6.45, 7) is 2.56. The Balaban J connectivity index is 0.989. The predicted molar refractivity (Wildman–Crippen MR) is 142 cm³/mol. The van der Waals surface area contributed by atoms with Crippen molar-refractivity contribution in [2.45, 2.75) is 57.5 Å². The standard InChI is InChI=1S/C29H34N4O5/c1-32-14-12-19-16-20(6-9-24(19)32)27(35)30-13-4-2-3-5-15-38-22-7-8-23-21(17-22)18-33(29(23)37)25-10-11-26(34)31-28(25)36/h6-9,16-17,25H,2-5,10-15,18H2,1H3,(H,30,35)(H,31,34,36). The molecule has 9 nitrogen and oxygen atoms in total. The van der Waals surface area contributed by atoms with Crippen LogP contribution in [-0.4, -0.2) is 61.3 Å². The molecule has 2 N–H and O–H groups in total. The first-order chi connectivity index (χ1) is 18.4. The second-order valence-corrected chi connectivity index (χ2v) is 10.3. The number of rotatable bonds is 10. The second-order valence-electron chi connectivity index (χ2n) is 10.3. The van der Waals surface area contributed by atoms with Crippen molar-refractivity contribution in [3.05, 3.63) is 58.7 Å². The first kappa shape index (κ1) is 25.8. The quantitative estimate of drug-likeness (QED) is 0.370. The van der Waals surface area contributed by atoms with E-state index in [2.05, 4.69) is 22.6 Å². The summed E-state index contributed by atoms with van der Waals surface area (Å²) < 4.78 is 5.90. The van der Waals surface area contributed by atoms with Gasteiger partial charge < -0.3 is 19.9 Å². The Hall–Kier alpha value is -3.88. The van der Waals surface area contributed by atoms with Gasteiger partial charge in [0.2, 0.25) is 11.8 Å². The smallest absolute Gasteiger partial charge is 0.255 e. The zero-order valence-corrected chi connectivity index (χ0v) is 21.8. The highest BCUT2D eigenvalue weighted by atomic mass is 16.5. The fourth-order valence-corrected chi connectivity index (χ4v) is 5.42. The normalized spacial score (nSPS) is 18.3. The minimum Gasteiger partial charge on any atom is -0.494 e. The zero-order chi connectivity index (χ0) is 26.6. The van der Waals surface area contributed by atoms with Crippen molar-refractivity contribution >= 4 is 29.3 Å². The number of nitrogens with one attached hydrogen (secondary N) is 2. The highest BCUT2D eigenvalue weighted by Crippen LogP contribution is 2.30. The van der Waals surface area contributed by atoms with E-state index in [4.69, 9.17) is 4.74 Å². The van der Waals surface area contributed by atoms with Gasteiger partial charge in [-0.1, -0.05) is 12.8 Å². The van der Waals surface area contributed by atoms with Crippen LogP contribution in [0.5, 0.6) is 5.75 Å². The molecule has 0 aliphatic carbocycles. The van der Waals surface area contributed by atoms with Crippen molar-refractivity contribution in [3.8, 4) is 5.75 Å². The first-order valence-corrected chi connectivity index (χ1v) is 13.4. The van der Waals surface area contributed by atoms with Crippen LogP contribution in [0.1, 0.15) is 70.4 Å². The Bertz CT molecular complexity index is 1260. The van der Waals surface area contributed by atoms with Crippen LogP contribution >= 0.6 is 0 Å². The van der Waals surface area contributed by atoms with E-state index >= 15 is 0 Å². The maximum absolute atomic E-state index is 12.8. The number of anilines is 1. The number of fused-ring (bicyclic) bond motifs is 2. The average Bonchev–Trinajstić information content (AvgIpc) is 3.44. The predicted octanol–water partition coefficient (Wildman–Crippen LogP) is 2.81. The Kier molecular flexibility index (Phi) is 7.62. The van der Waals surface area contributed by atoms with Gasteiger partial charge in [-0.25, -0.2) is 0 Å². The number of imide groups is 1. The molecule has 9 heteroatoms. The highest BCUT2D eigenvalue weighted by Gasteiger charge is 2.39. The summed E-state index contributed by atoms with van der Waals surface area (Å²) in [5.74, 6) is -0.197. The van der Waals surface area contributed by atoms with E-state index in [0.29, 0.717) is 37.4 Å². The minimum atomic E-state index is -0.614. The first-order valence-electron chi connectivity index (χ1n) is 13.4. The molecule has 2 aromatic rings. The molecule has 1 fully saturated rings. The highest BCUT2D eigenvalue weighted by molar-refractivity contribution is 6.05. The monoisotopic (exact) mass is 518 g/mol. The topological polar surface area (TPSA) is 108 Å². The van der Waals surface area contributed by atoms with Gasteiger partial charge in [-0.3, -0.25) is 24.5 Å². The van der Waals surface area contributed by atoms with E-state index in [0.717, 1.165) is 49.8 Å². The SMILES string of the molecule is CN1CCc2cc(C(=O)NCCCCCCOc3ccc4c(c3)CN(C3CCC(=O)NC3=O)C4=O)ccc21. The van der Waals surface area contributed by atoms with Crippen molar-refractivity contribution in [1.29, 1.82) is 0 Å². The van der Waals surface area contributed by atoms with Crippen LogP contribution in [-0.2, 0) is 22.6 Å². The van der Waals surface area contributed by atoms with Crippen LogP contribution in [0.4, 0.5) is 5.69 Å². The molecule has 0 radical (unpaired) electrons. The third kappa shape index (κ3) is 5.51. The molecule has 0 bridgehead atoms. The summed E-state index contributed by atoms with van der Waals surface area (Å²) in [5, 5.41) is 5.34. The Labute approximate surface area is 222 Å². The van der Waals surface area contributed by atoms with E-state index in [9.17, 15) is 19.2 Å². The van der Waals surface area contributed by atoms with Crippen LogP contribution in [0, 0.1) is 0 Å². The summed E-state index contributed by atoms with van der Waals surface area (Å²) in [7, 11) is 2.07. The van der Waals surface area contributed by atoms with Crippen molar-refractivity contribution < 1.29 is 23.9 Å². The third-order valence-electron chi connectivity index (χ3n) is 7.59. The van der Waals surface area contributed by atoms with Gasteiger partial charge in [0.05, 0.1) is 6.61 Å². The number of piperidine rings is 1. The number of ether oxygens (including phenoxy) is 1. The van der Waals surface area contributed by atoms with Crippen LogP contribution in [0.3, 0.4) is 0 Å². The molecule has 1 atom stereocenters. The summed E-state index contributed by atoms with van der Waals surface area (Å²) in [6.07, 6.45) is 5.37. The zero-order valence-electron chi connectivity index (χ0n) is 21.8. The lowest BCUT2D eigenvalue weighted by Crippen LogP contribution is -2.52. The number of likely N-dealkylation sites (N-methyl/N-ethyl adjacent to an activating group) is 1. The molecule has 38 heavy (non-hydrogen) atoms. The lowest BCUT2D eigenvalue weighted by atomic mass is 10.0. The van der Waals surface area contributed by atoms with Crippen LogP contribution in [0.15, 0.2) is 36.4 Å². The van der Waals surface area contributed by atoms with E-state index in [1.54, 1.807) is 12.1 Å². The summed E-state index contributed by atoms with van der Waals surface area (Å²) in [5.41, 5.74) is 4.59. The molecule has 1 saturated heterocycles. The molecule has 1 unspecified atom stereocenters. The van der Waals surface area contributed by atoms with Crippen molar-refractivity contribution in [3.63, 3.8) is 0 Å². The van der Waals surface area contributed by atoms with Gasteiger partial charge in [0.1, 0.15) is 11.8 Å². The number of carbonyl (C=O) groups excluding carboxylic acids is 4. The van der Waals surface area contributed by atoms with Gasteiger partial charge in [0.15, 0.2) is 0 Å². The fraction of sp³-hybridized carbons (Fsp3) is 0.448. The maximum atomic E-state index is 12.8. The van der Waals surface area contributed by atoms with E-state index in [1.165, 1.54) is 16.2 Å². The van der Waals surface area contributed by atoms with Gasteiger partial charge >= 0.3 is 0 Å². The molecule has 4 amide bonds. The van der Waals surface area contributed by atoms with Crippen molar-refractivity contribution in [2.24, 2.45) is 0 Å². The fourth-order valence-electron chi connectivity index (χ4n) is 5.42. The molecule has 5 rings (SSSR count). The minimum absolute atomic E-state index is 0.0167. The molecule has 0 saturated carbocycles. The number of amides is 4.